The molecule has 1 amide bonds. The molecule has 3 atom stereocenters. The highest BCUT2D eigenvalue weighted by Gasteiger charge is 2.27. The lowest BCUT2D eigenvalue weighted by Crippen LogP contribution is -2.37. The van der Waals surface area contributed by atoms with Gasteiger partial charge in [0.1, 0.15) is 17.7 Å². The molecular weight excluding hydrogens is 533 g/mol. The number of hydrogen-bond donors (Lipinski definition) is 1. The Morgan fingerprint density at radius 1 is 0.881 bits per heavy atom. The lowest BCUT2D eigenvalue weighted by atomic mass is 9.93. The molecule has 2 aromatic carbocycles. The lowest BCUT2D eigenvalue weighted by Gasteiger charge is -2.22. The van der Waals surface area contributed by atoms with Gasteiger partial charge in [0.2, 0.25) is 5.91 Å². The summed E-state index contributed by atoms with van der Waals surface area (Å²) in [6, 6.07) is 15.3. The number of ketones is 1. The van der Waals surface area contributed by atoms with Crippen LogP contribution in [0.15, 0.2) is 48.5 Å². The van der Waals surface area contributed by atoms with E-state index in [1.807, 2.05) is 19.1 Å². The molecule has 2 aromatic rings. The van der Waals surface area contributed by atoms with Crippen LogP contribution in [0.1, 0.15) is 99.9 Å². The van der Waals surface area contributed by atoms with E-state index in [2.05, 4.69) is 17.4 Å². The van der Waals surface area contributed by atoms with E-state index in [1.165, 1.54) is 0 Å². The Bertz CT molecular complexity index is 1040. The molecule has 6 nitrogen and oxygen atoms in total. The van der Waals surface area contributed by atoms with Crippen molar-refractivity contribution in [2.45, 2.75) is 103 Å². The van der Waals surface area contributed by atoms with Crippen molar-refractivity contribution < 1.29 is 28.2 Å². The van der Waals surface area contributed by atoms with Gasteiger partial charge in [-0.05, 0) is 119 Å². The largest absolute Gasteiger partial charge is 0.497 e. The van der Waals surface area contributed by atoms with Crippen molar-refractivity contribution in [2.75, 3.05) is 26.9 Å². The van der Waals surface area contributed by atoms with E-state index in [-0.39, 0.29) is 17.7 Å². The SMILES string of the molecule is CCOCCCCCOc1ccc(CC(CC2CCC(F)C2)NC(=O)CCCCCC(=O)c2ccc(OC)cc2)cc1. The van der Waals surface area contributed by atoms with Crippen LogP contribution in [0, 0.1) is 5.92 Å². The first kappa shape index (κ1) is 33.6. The lowest BCUT2D eigenvalue weighted by molar-refractivity contribution is -0.122. The Morgan fingerprint density at radius 3 is 2.26 bits per heavy atom. The summed E-state index contributed by atoms with van der Waals surface area (Å²) in [5.41, 5.74) is 1.82. The summed E-state index contributed by atoms with van der Waals surface area (Å²) in [5, 5.41) is 3.24. The normalized spacial score (nSPS) is 17.1. The van der Waals surface area contributed by atoms with Crippen molar-refractivity contribution in [3.8, 4) is 11.5 Å². The fourth-order valence-corrected chi connectivity index (χ4v) is 5.62. The summed E-state index contributed by atoms with van der Waals surface area (Å²) in [5.74, 6) is 2.03. The third-order valence-electron chi connectivity index (χ3n) is 7.99. The van der Waals surface area contributed by atoms with Gasteiger partial charge in [-0.2, -0.15) is 0 Å². The molecule has 0 aromatic heterocycles. The average molecular weight is 584 g/mol. The molecule has 1 saturated carbocycles. The number of methoxy groups -OCH3 is 1. The average Bonchev–Trinajstić information content (AvgIpc) is 3.41. The molecule has 0 saturated heterocycles. The second-order valence-electron chi connectivity index (χ2n) is 11.4. The van der Waals surface area contributed by atoms with Gasteiger partial charge in [0.15, 0.2) is 5.78 Å². The third-order valence-corrected chi connectivity index (χ3v) is 7.99. The van der Waals surface area contributed by atoms with Gasteiger partial charge in [-0.25, -0.2) is 4.39 Å². The molecule has 1 aliphatic carbocycles. The number of alkyl halides is 1. The van der Waals surface area contributed by atoms with Gasteiger partial charge in [-0.1, -0.05) is 18.6 Å². The van der Waals surface area contributed by atoms with Gasteiger partial charge < -0.3 is 19.5 Å². The fraction of sp³-hybridized carbons (Fsp3) is 0.600. The molecule has 1 N–H and O–H groups in total. The van der Waals surface area contributed by atoms with Crippen LogP contribution in [0.2, 0.25) is 0 Å². The van der Waals surface area contributed by atoms with Crippen LogP contribution >= 0.6 is 0 Å². The highest BCUT2D eigenvalue weighted by Crippen LogP contribution is 2.32. The van der Waals surface area contributed by atoms with Crippen molar-refractivity contribution in [1.29, 1.82) is 0 Å². The Hall–Kier alpha value is -2.93. The van der Waals surface area contributed by atoms with E-state index in [0.717, 1.165) is 81.6 Å². The number of carbonyl (C=O) groups is 2. The zero-order valence-electron chi connectivity index (χ0n) is 25.6. The van der Waals surface area contributed by atoms with Crippen molar-refractivity contribution >= 4 is 11.7 Å². The minimum Gasteiger partial charge on any atom is -0.497 e. The molecule has 3 rings (SSSR count). The van der Waals surface area contributed by atoms with Crippen molar-refractivity contribution in [2.24, 2.45) is 5.92 Å². The zero-order chi connectivity index (χ0) is 30.0. The number of hydrogen-bond acceptors (Lipinski definition) is 5. The number of rotatable bonds is 21. The monoisotopic (exact) mass is 583 g/mol. The van der Waals surface area contributed by atoms with Crippen LogP contribution < -0.4 is 14.8 Å². The maximum Gasteiger partial charge on any atom is 0.220 e. The Labute approximate surface area is 251 Å². The number of carbonyl (C=O) groups excluding carboxylic acids is 2. The van der Waals surface area contributed by atoms with Gasteiger partial charge in [0, 0.05) is 37.7 Å². The number of benzene rings is 2. The second-order valence-corrected chi connectivity index (χ2v) is 11.4. The van der Waals surface area contributed by atoms with Crippen LogP contribution in [0.5, 0.6) is 11.5 Å². The summed E-state index contributed by atoms with van der Waals surface area (Å²) >= 11 is 0. The molecule has 0 aliphatic heterocycles. The van der Waals surface area contributed by atoms with Crippen LogP contribution in [-0.4, -0.2) is 50.8 Å². The van der Waals surface area contributed by atoms with Crippen LogP contribution in [0.3, 0.4) is 0 Å². The summed E-state index contributed by atoms with van der Waals surface area (Å²) in [4.78, 5) is 25.3. The third kappa shape index (κ3) is 12.9. The highest BCUT2D eigenvalue weighted by atomic mass is 19.1. The highest BCUT2D eigenvalue weighted by molar-refractivity contribution is 5.96. The first-order valence-corrected chi connectivity index (χ1v) is 15.9. The van der Waals surface area contributed by atoms with E-state index in [9.17, 15) is 14.0 Å². The first-order chi connectivity index (χ1) is 20.5. The summed E-state index contributed by atoms with van der Waals surface area (Å²) in [6.45, 7) is 4.27. The summed E-state index contributed by atoms with van der Waals surface area (Å²) in [7, 11) is 1.60. The van der Waals surface area contributed by atoms with Crippen molar-refractivity contribution in [1.82, 2.24) is 5.32 Å². The Kier molecular flexibility index (Phi) is 15.4. The number of halogens is 1. The van der Waals surface area contributed by atoms with E-state index < -0.39 is 6.17 Å². The zero-order valence-corrected chi connectivity index (χ0v) is 25.6. The van der Waals surface area contributed by atoms with E-state index in [4.69, 9.17) is 14.2 Å². The second kappa shape index (κ2) is 19.3. The smallest absolute Gasteiger partial charge is 0.220 e. The molecule has 0 bridgehead atoms. The maximum atomic E-state index is 13.9. The number of ether oxygens (including phenoxy) is 3. The molecule has 3 unspecified atom stereocenters. The van der Waals surface area contributed by atoms with Crippen LogP contribution in [-0.2, 0) is 16.0 Å². The Balaban J connectivity index is 1.39. The van der Waals surface area contributed by atoms with Gasteiger partial charge in [0.05, 0.1) is 13.7 Å². The summed E-state index contributed by atoms with van der Waals surface area (Å²) in [6.07, 6.45) is 9.23. The molecule has 42 heavy (non-hydrogen) atoms. The molecule has 1 fully saturated rings. The van der Waals surface area contributed by atoms with E-state index >= 15 is 0 Å². The number of amides is 1. The van der Waals surface area contributed by atoms with Gasteiger partial charge >= 0.3 is 0 Å². The van der Waals surface area contributed by atoms with Gasteiger partial charge in [-0.15, -0.1) is 0 Å². The molecule has 0 heterocycles. The minimum atomic E-state index is -0.720. The van der Waals surface area contributed by atoms with Gasteiger partial charge in [-0.3, -0.25) is 9.59 Å². The molecule has 232 valence electrons. The minimum absolute atomic E-state index is 0.0263. The van der Waals surface area contributed by atoms with E-state index in [1.54, 1.807) is 31.4 Å². The molecule has 7 heteroatoms. The van der Waals surface area contributed by atoms with Crippen molar-refractivity contribution in [3.05, 3.63) is 59.7 Å². The predicted molar refractivity (Wildman–Crippen MR) is 165 cm³/mol. The molecule has 0 radical (unpaired) electrons. The quantitative estimate of drug-likeness (QED) is 0.121. The molecule has 1 aliphatic rings. The maximum absolute atomic E-state index is 13.9. The number of unbranched alkanes of at least 4 members (excludes halogenated alkanes) is 4. The number of nitrogens with one attached hydrogen (secondary N) is 1. The standard InChI is InChI=1S/C35H50FNO5/c1-3-41-22-8-5-9-23-42-33-18-13-27(14-19-33)25-31(26-28-12-17-30(36)24-28)37-35(39)11-7-4-6-10-34(38)29-15-20-32(40-2)21-16-29/h13-16,18-21,28,30-31H,3-12,17,22-26H2,1-2H3,(H,37,39). The van der Waals surface area contributed by atoms with Gasteiger partial charge in [0.25, 0.3) is 0 Å². The molecular formula is C35H50FNO5. The van der Waals surface area contributed by atoms with Crippen LogP contribution in [0.4, 0.5) is 4.39 Å². The topological polar surface area (TPSA) is 73.9 Å². The first-order valence-electron chi connectivity index (χ1n) is 15.9. The fourth-order valence-electron chi connectivity index (χ4n) is 5.62. The van der Waals surface area contributed by atoms with E-state index in [0.29, 0.717) is 50.2 Å². The summed E-state index contributed by atoms with van der Waals surface area (Å²) < 4.78 is 30.3. The van der Waals surface area contributed by atoms with Crippen molar-refractivity contribution in [3.63, 3.8) is 0 Å². The van der Waals surface area contributed by atoms with Crippen LogP contribution in [0.25, 0.3) is 0 Å². The Morgan fingerprint density at radius 2 is 1.57 bits per heavy atom. The number of Topliss-reactive ketones (excluding diaryl/α,β-unsaturated/α-hetero) is 1. The molecule has 0 spiro atoms. The predicted octanol–water partition coefficient (Wildman–Crippen LogP) is 7.67.